The third kappa shape index (κ3) is 3.63. The van der Waals surface area contributed by atoms with Crippen molar-refractivity contribution in [3.63, 3.8) is 0 Å². The summed E-state index contributed by atoms with van der Waals surface area (Å²) in [6.45, 7) is 5.00. The van der Waals surface area contributed by atoms with Crippen molar-refractivity contribution in [3.05, 3.63) is 0 Å². The van der Waals surface area contributed by atoms with E-state index in [1.807, 2.05) is 13.8 Å². The molecule has 5 heteroatoms. The zero-order valence-electron chi connectivity index (χ0n) is 10.8. The topological polar surface area (TPSA) is 32.3 Å². The molecule has 0 aromatic rings. The molecule has 0 bridgehead atoms. The van der Waals surface area contributed by atoms with E-state index in [2.05, 4.69) is 5.32 Å². The van der Waals surface area contributed by atoms with Crippen LogP contribution in [0.4, 0.5) is 8.78 Å². The number of hydrogen-bond acceptors (Lipinski definition) is 2. The minimum Gasteiger partial charge on any atom is -0.340 e. The molecule has 0 aromatic heterocycles. The average molecular weight is 248 g/mol. The van der Waals surface area contributed by atoms with E-state index in [0.717, 1.165) is 30.8 Å². The van der Waals surface area contributed by atoms with Gasteiger partial charge in [0.25, 0.3) is 6.43 Å². The highest BCUT2D eigenvalue weighted by molar-refractivity contribution is 5.82. The highest BCUT2D eigenvalue weighted by Crippen LogP contribution is 2.33. The summed E-state index contributed by atoms with van der Waals surface area (Å²) in [4.78, 5) is 13.3. The number of alkyl halides is 2. The van der Waals surface area contributed by atoms with E-state index < -0.39 is 18.4 Å². The van der Waals surface area contributed by atoms with Crippen LogP contribution in [0, 0.1) is 11.3 Å². The molecule has 0 spiro atoms. The first kappa shape index (κ1) is 14.4. The number of piperidine rings is 1. The zero-order valence-corrected chi connectivity index (χ0v) is 10.8. The first-order valence-corrected chi connectivity index (χ1v) is 6.10. The molecule has 1 amide bonds. The van der Waals surface area contributed by atoms with Crippen molar-refractivity contribution in [1.29, 1.82) is 0 Å². The lowest BCUT2D eigenvalue weighted by atomic mass is 9.74. The molecule has 100 valence electrons. The van der Waals surface area contributed by atoms with Crippen molar-refractivity contribution in [2.45, 2.75) is 33.1 Å². The van der Waals surface area contributed by atoms with Gasteiger partial charge in [0.1, 0.15) is 0 Å². The minimum atomic E-state index is -2.47. The van der Waals surface area contributed by atoms with Gasteiger partial charge in [-0.1, -0.05) is 13.8 Å². The van der Waals surface area contributed by atoms with Gasteiger partial charge in [0.2, 0.25) is 5.91 Å². The second-order valence-corrected chi connectivity index (χ2v) is 5.34. The summed E-state index contributed by atoms with van der Waals surface area (Å²) in [5.41, 5.74) is -0.572. The smallest absolute Gasteiger partial charge is 0.255 e. The maximum atomic E-state index is 12.3. The van der Waals surface area contributed by atoms with Crippen molar-refractivity contribution in [3.8, 4) is 0 Å². The van der Waals surface area contributed by atoms with Crippen molar-refractivity contribution in [1.82, 2.24) is 10.2 Å². The number of hydrogen-bond donors (Lipinski definition) is 1. The zero-order chi connectivity index (χ0) is 13.1. The lowest BCUT2D eigenvalue weighted by Gasteiger charge is -2.38. The van der Waals surface area contributed by atoms with Gasteiger partial charge in [-0.15, -0.1) is 0 Å². The van der Waals surface area contributed by atoms with Crippen LogP contribution in [-0.4, -0.2) is 43.9 Å². The Morgan fingerprint density at radius 2 is 2.18 bits per heavy atom. The maximum Gasteiger partial charge on any atom is 0.255 e. The van der Waals surface area contributed by atoms with Crippen LogP contribution >= 0.6 is 0 Å². The largest absolute Gasteiger partial charge is 0.340 e. The number of halogens is 2. The van der Waals surface area contributed by atoms with E-state index in [1.165, 1.54) is 7.05 Å². The summed E-state index contributed by atoms with van der Waals surface area (Å²) in [7, 11) is 1.45. The van der Waals surface area contributed by atoms with Crippen LogP contribution in [0.2, 0.25) is 0 Å². The summed E-state index contributed by atoms with van der Waals surface area (Å²) in [5.74, 6) is 0.0374. The molecular formula is C12H22F2N2O. The predicted octanol–water partition coefficient (Wildman–Crippen LogP) is 1.74. The molecule has 1 aliphatic rings. The summed E-state index contributed by atoms with van der Waals surface area (Å²) < 4.78 is 24.5. The molecule has 1 atom stereocenters. The van der Waals surface area contributed by atoms with Crippen molar-refractivity contribution in [2.24, 2.45) is 11.3 Å². The van der Waals surface area contributed by atoms with Crippen LogP contribution in [-0.2, 0) is 4.79 Å². The second kappa shape index (κ2) is 5.76. The second-order valence-electron chi connectivity index (χ2n) is 5.34. The van der Waals surface area contributed by atoms with Crippen LogP contribution in [0.15, 0.2) is 0 Å². The Balaban J connectivity index is 2.64. The fourth-order valence-corrected chi connectivity index (χ4v) is 2.42. The molecule has 0 saturated carbocycles. The average Bonchev–Trinajstić information content (AvgIpc) is 2.28. The van der Waals surface area contributed by atoms with Crippen molar-refractivity contribution >= 4 is 5.91 Å². The molecule has 1 rings (SSSR count). The number of nitrogens with one attached hydrogen (secondary N) is 1. The van der Waals surface area contributed by atoms with Gasteiger partial charge in [0.15, 0.2) is 0 Å². The SMILES string of the molecule is CN(CC(F)F)C(=O)C(C)(C)C1CCCNC1. The molecule has 1 saturated heterocycles. The standard InChI is InChI=1S/C12H22F2N2O/c1-12(2,9-5-4-6-15-7-9)11(17)16(3)8-10(13)14/h9-10,15H,4-8H2,1-3H3. The first-order valence-electron chi connectivity index (χ1n) is 6.10. The fraction of sp³-hybridized carbons (Fsp3) is 0.917. The van der Waals surface area contributed by atoms with Crippen LogP contribution in [0.25, 0.3) is 0 Å². The number of carbonyl (C=O) groups excluding carboxylic acids is 1. The van der Waals surface area contributed by atoms with Crippen LogP contribution in [0.3, 0.4) is 0 Å². The molecule has 0 aliphatic carbocycles. The predicted molar refractivity (Wildman–Crippen MR) is 63.0 cm³/mol. The van der Waals surface area contributed by atoms with Gasteiger partial charge in [-0.2, -0.15) is 0 Å². The summed E-state index contributed by atoms with van der Waals surface area (Å²) in [6, 6.07) is 0. The minimum absolute atomic E-state index is 0.188. The highest BCUT2D eigenvalue weighted by Gasteiger charge is 2.39. The van der Waals surface area contributed by atoms with E-state index in [0.29, 0.717) is 0 Å². The van der Waals surface area contributed by atoms with Gasteiger partial charge in [-0.25, -0.2) is 8.78 Å². The Kier molecular flexibility index (Phi) is 4.86. The summed E-state index contributed by atoms with van der Waals surface area (Å²) >= 11 is 0. The van der Waals surface area contributed by atoms with Crippen molar-refractivity contribution < 1.29 is 13.6 Å². The van der Waals surface area contributed by atoms with Gasteiger partial charge in [0.05, 0.1) is 6.54 Å². The first-order chi connectivity index (χ1) is 7.85. The molecular weight excluding hydrogens is 226 g/mol. The van der Waals surface area contributed by atoms with Gasteiger partial charge in [0, 0.05) is 12.5 Å². The molecule has 17 heavy (non-hydrogen) atoms. The molecule has 1 unspecified atom stereocenters. The van der Waals surface area contributed by atoms with Crippen LogP contribution in [0.5, 0.6) is 0 Å². The van der Waals surface area contributed by atoms with Crippen LogP contribution < -0.4 is 5.32 Å². The molecule has 0 radical (unpaired) electrons. The van der Waals surface area contributed by atoms with Crippen molar-refractivity contribution in [2.75, 3.05) is 26.7 Å². The number of rotatable bonds is 4. The summed E-state index contributed by atoms with van der Waals surface area (Å²) in [6.07, 6.45) is -0.446. The molecule has 3 nitrogen and oxygen atoms in total. The van der Waals surface area contributed by atoms with E-state index in [4.69, 9.17) is 0 Å². The van der Waals surface area contributed by atoms with Crippen LogP contribution in [0.1, 0.15) is 26.7 Å². The van der Waals surface area contributed by atoms with E-state index in [-0.39, 0.29) is 11.8 Å². The maximum absolute atomic E-state index is 12.3. The Labute approximate surface area is 102 Å². The number of nitrogens with zero attached hydrogens (tertiary/aromatic N) is 1. The van der Waals surface area contributed by atoms with Gasteiger partial charge in [-0.3, -0.25) is 4.79 Å². The number of amides is 1. The molecule has 1 fully saturated rings. The van der Waals surface area contributed by atoms with Gasteiger partial charge in [-0.05, 0) is 31.8 Å². The Bertz CT molecular complexity index is 263. The van der Waals surface area contributed by atoms with Gasteiger partial charge < -0.3 is 10.2 Å². The van der Waals surface area contributed by atoms with E-state index in [1.54, 1.807) is 0 Å². The number of carbonyl (C=O) groups is 1. The van der Waals surface area contributed by atoms with Gasteiger partial charge >= 0.3 is 0 Å². The third-order valence-corrected chi connectivity index (χ3v) is 3.63. The Morgan fingerprint density at radius 3 is 2.65 bits per heavy atom. The van der Waals surface area contributed by atoms with E-state index >= 15 is 0 Å². The molecule has 0 aromatic carbocycles. The molecule has 1 heterocycles. The quantitative estimate of drug-likeness (QED) is 0.822. The Hall–Kier alpha value is -0.710. The molecule has 1 aliphatic heterocycles. The lowest BCUT2D eigenvalue weighted by Crippen LogP contribution is -2.48. The lowest BCUT2D eigenvalue weighted by molar-refractivity contribution is -0.144. The molecule has 1 N–H and O–H groups in total. The Morgan fingerprint density at radius 1 is 1.53 bits per heavy atom. The third-order valence-electron chi connectivity index (χ3n) is 3.63. The monoisotopic (exact) mass is 248 g/mol. The summed E-state index contributed by atoms with van der Waals surface area (Å²) in [5, 5.41) is 3.26. The fourth-order valence-electron chi connectivity index (χ4n) is 2.42. The normalized spacial score (nSPS) is 21.6. The highest BCUT2D eigenvalue weighted by atomic mass is 19.3. The van der Waals surface area contributed by atoms with E-state index in [9.17, 15) is 13.6 Å².